The number of carbonyl (C=O) groups excluding carboxylic acids is 1. The predicted octanol–water partition coefficient (Wildman–Crippen LogP) is 3.76. The molecule has 0 atom stereocenters. The summed E-state index contributed by atoms with van der Waals surface area (Å²) >= 11 is 6.08. The topological polar surface area (TPSA) is 98.2 Å². The molecule has 8 heteroatoms. The standard InChI is InChI=1S/C22H27ClN2O.C2H2O4/c1-2-25(17-18-7-4-3-5-8-18)22(26)20-11-13-24(14-12-20)16-19-9-6-10-21(23)15-19;3-1(4)2(5)6/h3-10,15,20H,2,11-14,16-17H2,1H3;(H,3,4)(H,5,6). The molecular formula is C24H29ClN2O5. The summed E-state index contributed by atoms with van der Waals surface area (Å²) in [7, 11) is 0. The molecule has 1 amide bonds. The fourth-order valence-corrected chi connectivity index (χ4v) is 3.85. The molecule has 1 heterocycles. The number of hydrogen-bond acceptors (Lipinski definition) is 4. The number of carboxylic acid groups (broad SMARTS) is 2. The third kappa shape index (κ3) is 8.32. The molecule has 0 saturated carbocycles. The molecule has 7 nitrogen and oxygen atoms in total. The molecule has 1 aliphatic heterocycles. The van der Waals surface area contributed by atoms with Crippen LogP contribution in [0.3, 0.4) is 0 Å². The second-order valence-electron chi connectivity index (χ2n) is 7.63. The van der Waals surface area contributed by atoms with Crippen LogP contribution in [0.2, 0.25) is 5.02 Å². The molecule has 0 bridgehead atoms. The number of carboxylic acids is 2. The summed E-state index contributed by atoms with van der Waals surface area (Å²) in [5, 5.41) is 15.6. The van der Waals surface area contributed by atoms with Crippen LogP contribution in [0.25, 0.3) is 0 Å². The molecule has 0 aliphatic carbocycles. The van der Waals surface area contributed by atoms with Crippen LogP contribution in [0.4, 0.5) is 0 Å². The zero-order valence-electron chi connectivity index (χ0n) is 18.1. The smallest absolute Gasteiger partial charge is 0.414 e. The van der Waals surface area contributed by atoms with Gasteiger partial charge in [0, 0.05) is 30.6 Å². The van der Waals surface area contributed by atoms with Gasteiger partial charge < -0.3 is 15.1 Å². The molecule has 32 heavy (non-hydrogen) atoms. The Bertz CT molecular complexity index is 886. The molecule has 0 aromatic heterocycles. The summed E-state index contributed by atoms with van der Waals surface area (Å²) in [5.74, 6) is -3.20. The Morgan fingerprint density at radius 2 is 1.56 bits per heavy atom. The Hall–Kier alpha value is -2.90. The third-order valence-corrected chi connectivity index (χ3v) is 5.56. The van der Waals surface area contributed by atoms with Crippen molar-refractivity contribution in [2.24, 2.45) is 5.92 Å². The van der Waals surface area contributed by atoms with Crippen LogP contribution in [0, 0.1) is 5.92 Å². The van der Waals surface area contributed by atoms with E-state index < -0.39 is 11.9 Å². The van der Waals surface area contributed by atoms with Crippen LogP contribution < -0.4 is 0 Å². The quantitative estimate of drug-likeness (QED) is 0.637. The van der Waals surface area contributed by atoms with Crippen molar-refractivity contribution in [1.82, 2.24) is 9.80 Å². The molecule has 0 unspecified atom stereocenters. The van der Waals surface area contributed by atoms with Gasteiger partial charge in [-0.2, -0.15) is 0 Å². The van der Waals surface area contributed by atoms with Crippen molar-refractivity contribution in [3.8, 4) is 0 Å². The van der Waals surface area contributed by atoms with Gasteiger partial charge in [0.15, 0.2) is 0 Å². The summed E-state index contributed by atoms with van der Waals surface area (Å²) in [6.45, 7) is 6.37. The Morgan fingerprint density at radius 1 is 0.969 bits per heavy atom. The minimum atomic E-state index is -1.82. The molecule has 0 spiro atoms. The number of piperidine rings is 1. The van der Waals surface area contributed by atoms with E-state index in [1.807, 2.05) is 41.3 Å². The normalized spacial score (nSPS) is 14.2. The number of carbonyl (C=O) groups is 3. The zero-order valence-corrected chi connectivity index (χ0v) is 18.9. The van der Waals surface area contributed by atoms with Gasteiger partial charge >= 0.3 is 11.9 Å². The minimum absolute atomic E-state index is 0.147. The van der Waals surface area contributed by atoms with Gasteiger partial charge in [-0.1, -0.05) is 54.1 Å². The Kier molecular flexibility index (Phi) is 10.2. The van der Waals surface area contributed by atoms with Crippen molar-refractivity contribution in [2.45, 2.75) is 32.9 Å². The maximum atomic E-state index is 12.9. The lowest BCUT2D eigenvalue weighted by Crippen LogP contribution is -2.42. The first-order valence-corrected chi connectivity index (χ1v) is 10.9. The first-order valence-electron chi connectivity index (χ1n) is 10.6. The first-order chi connectivity index (χ1) is 15.3. The highest BCUT2D eigenvalue weighted by Gasteiger charge is 2.28. The van der Waals surface area contributed by atoms with Crippen LogP contribution in [-0.4, -0.2) is 57.5 Å². The molecule has 1 saturated heterocycles. The summed E-state index contributed by atoms with van der Waals surface area (Å²) < 4.78 is 0. The predicted molar refractivity (Wildman–Crippen MR) is 122 cm³/mol. The van der Waals surface area contributed by atoms with Gasteiger partial charge in [0.1, 0.15) is 0 Å². The molecule has 2 N–H and O–H groups in total. The third-order valence-electron chi connectivity index (χ3n) is 5.32. The van der Waals surface area contributed by atoms with E-state index in [1.165, 1.54) is 11.1 Å². The fourth-order valence-electron chi connectivity index (χ4n) is 3.64. The van der Waals surface area contributed by atoms with Crippen molar-refractivity contribution >= 4 is 29.4 Å². The highest BCUT2D eigenvalue weighted by molar-refractivity contribution is 6.30. The maximum Gasteiger partial charge on any atom is 0.414 e. The van der Waals surface area contributed by atoms with Gasteiger partial charge in [-0.3, -0.25) is 9.69 Å². The monoisotopic (exact) mass is 460 g/mol. The van der Waals surface area contributed by atoms with E-state index >= 15 is 0 Å². The van der Waals surface area contributed by atoms with E-state index in [-0.39, 0.29) is 5.92 Å². The largest absolute Gasteiger partial charge is 0.473 e. The Morgan fingerprint density at radius 3 is 2.09 bits per heavy atom. The van der Waals surface area contributed by atoms with E-state index in [1.54, 1.807) is 0 Å². The number of likely N-dealkylation sites (tertiary alicyclic amines) is 1. The molecule has 0 radical (unpaired) electrons. The lowest BCUT2D eigenvalue weighted by Gasteiger charge is -2.34. The van der Waals surface area contributed by atoms with Crippen molar-refractivity contribution in [3.05, 3.63) is 70.7 Å². The van der Waals surface area contributed by atoms with Gasteiger partial charge in [-0.25, -0.2) is 9.59 Å². The van der Waals surface area contributed by atoms with Gasteiger partial charge in [0.2, 0.25) is 5.91 Å². The lowest BCUT2D eigenvalue weighted by atomic mass is 9.94. The summed E-state index contributed by atoms with van der Waals surface area (Å²) in [6, 6.07) is 18.3. The Labute approximate surface area is 193 Å². The van der Waals surface area contributed by atoms with E-state index in [0.29, 0.717) is 12.5 Å². The molecule has 2 aromatic rings. The number of nitrogens with zero attached hydrogens (tertiary/aromatic N) is 2. The van der Waals surface area contributed by atoms with Gasteiger partial charge in [-0.15, -0.1) is 0 Å². The van der Waals surface area contributed by atoms with Crippen molar-refractivity contribution < 1.29 is 24.6 Å². The van der Waals surface area contributed by atoms with Crippen LogP contribution in [0.1, 0.15) is 30.9 Å². The minimum Gasteiger partial charge on any atom is -0.473 e. The van der Waals surface area contributed by atoms with Crippen molar-refractivity contribution in [2.75, 3.05) is 19.6 Å². The van der Waals surface area contributed by atoms with Crippen LogP contribution in [-0.2, 0) is 27.5 Å². The van der Waals surface area contributed by atoms with Crippen molar-refractivity contribution in [3.63, 3.8) is 0 Å². The van der Waals surface area contributed by atoms with E-state index in [2.05, 4.69) is 30.0 Å². The second kappa shape index (κ2) is 12.8. The van der Waals surface area contributed by atoms with Gasteiger partial charge in [0.05, 0.1) is 0 Å². The number of amides is 1. The SMILES string of the molecule is CCN(Cc1ccccc1)C(=O)C1CCN(Cc2cccc(Cl)c2)CC1.O=C(O)C(=O)O. The molecule has 1 fully saturated rings. The first kappa shape index (κ1) is 25.4. The van der Waals surface area contributed by atoms with Gasteiger partial charge in [0.25, 0.3) is 0 Å². The molecule has 1 aliphatic rings. The molecular weight excluding hydrogens is 432 g/mol. The Balaban J connectivity index is 0.000000534. The number of halogens is 1. The summed E-state index contributed by atoms with van der Waals surface area (Å²) in [5.41, 5.74) is 2.43. The van der Waals surface area contributed by atoms with Crippen LogP contribution in [0.15, 0.2) is 54.6 Å². The van der Waals surface area contributed by atoms with Crippen molar-refractivity contribution in [1.29, 1.82) is 0 Å². The fraction of sp³-hybridized carbons (Fsp3) is 0.375. The molecule has 3 rings (SSSR count). The lowest BCUT2D eigenvalue weighted by molar-refractivity contribution is -0.159. The maximum absolute atomic E-state index is 12.9. The van der Waals surface area contributed by atoms with E-state index in [4.69, 9.17) is 31.4 Å². The summed E-state index contributed by atoms with van der Waals surface area (Å²) in [4.78, 5) is 35.5. The number of hydrogen-bond donors (Lipinski definition) is 2. The van der Waals surface area contributed by atoms with Crippen LogP contribution >= 0.6 is 11.6 Å². The highest BCUT2D eigenvalue weighted by Crippen LogP contribution is 2.23. The highest BCUT2D eigenvalue weighted by atomic mass is 35.5. The number of aliphatic carboxylic acids is 2. The van der Waals surface area contributed by atoms with E-state index in [0.717, 1.165) is 44.0 Å². The zero-order chi connectivity index (χ0) is 23.5. The van der Waals surface area contributed by atoms with Crippen LogP contribution in [0.5, 0.6) is 0 Å². The second-order valence-corrected chi connectivity index (χ2v) is 8.07. The average Bonchev–Trinajstić information content (AvgIpc) is 2.78. The van der Waals surface area contributed by atoms with E-state index in [9.17, 15) is 4.79 Å². The average molecular weight is 461 g/mol. The number of benzene rings is 2. The van der Waals surface area contributed by atoms with Gasteiger partial charge in [-0.05, 0) is 56.1 Å². The molecule has 2 aromatic carbocycles. The molecule has 172 valence electrons. The number of rotatable bonds is 6. The summed E-state index contributed by atoms with van der Waals surface area (Å²) in [6.07, 6.45) is 1.87.